The van der Waals surface area contributed by atoms with Crippen molar-refractivity contribution in [2.75, 3.05) is 33.4 Å². The number of likely N-dealkylation sites (N-methyl/N-ethyl adjacent to an activating group) is 1. The standard InChI is InChI=1S/C29H52NO6P/c1-4-6-7-8-9-10-11-12-13-14-15-18-22-33-28-20-17-16-19-26(28)24-27(36-29(31)5-2)25-35-37(32)34-23-21-30-3/h16-17,19-20,27,30,32H,4-15,18,21-25H2,1-3H3. The Labute approximate surface area is 227 Å². The molecule has 0 heterocycles. The van der Waals surface area contributed by atoms with E-state index in [9.17, 15) is 9.69 Å². The Hall–Kier alpha value is -1.24. The van der Waals surface area contributed by atoms with Gasteiger partial charge in [-0.15, -0.1) is 0 Å². The lowest BCUT2D eigenvalue weighted by atomic mass is 10.1. The van der Waals surface area contributed by atoms with Gasteiger partial charge in [-0.25, -0.2) is 0 Å². The lowest BCUT2D eigenvalue weighted by Gasteiger charge is -2.20. The third kappa shape index (κ3) is 18.6. The van der Waals surface area contributed by atoms with Gasteiger partial charge in [0.2, 0.25) is 0 Å². The number of hydrogen-bond acceptors (Lipinski definition) is 7. The van der Waals surface area contributed by atoms with Gasteiger partial charge in [-0.2, -0.15) is 0 Å². The molecule has 0 amide bonds. The van der Waals surface area contributed by atoms with Crippen LogP contribution in [0.1, 0.15) is 103 Å². The topological polar surface area (TPSA) is 86.2 Å². The van der Waals surface area contributed by atoms with E-state index in [1.54, 1.807) is 6.92 Å². The van der Waals surface area contributed by atoms with Crippen LogP contribution in [0.15, 0.2) is 24.3 Å². The third-order valence-electron chi connectivity index (χ3n) is 6.19. The van der Waals surface area contributed by atoms with Crippen molar-refractivity contribution < 1.29 is 28.2 Å². The summed E-state index contributed by atoms with van der Waals surface area (Å²) in [6, 6.07) is 7.84. The Morgan fingerprint density at radius 2 is 1.51 bits per heavy atom. The first-order chi connectivity index (χ1) is 18.1. The van der Waals surface area contributed by atoms with Crippen LogP contribution in [0, 0.1) is 0 Å². The van der Waals surface area contributed by atoms with Crippen molar-refractivity contribution in [1.82, 2.24) is 5.32 Å². The van der Waals surface area contributed by atoms with Crippen LogP contribution in [0.3, 0.4) is 0 Å². The van der Waals surface area contributed by atoms with Gasteiger partial charge >= 0.3 is 14.6 Å². The summed E-state index contributed by atoms with van der Waals surface area (Å²) in [5.41, 5.74) is 0.956. The number of esters is 1. The van der Waals surface area contributed by atoms with E-state index in [4.69, 9.17) is 18.5 Å². The molecule has 2 unspecified atom stereocenters. The summed E-state index contributed by atoms with van der Waals surface area (Å²) in [7, 11) is -0.216. The average Bonchev–Trinajstić information content (AvgIpc) is 2.90. The van der Waals surface area contributed by atoms with E-state index in [1.807, 2.05) is 31.3 Å². The summed E-state index contributed by atoms with van der Waals surface area (Å²) in [4.78, 5) is 21.9. The van der Waals surface area contributed by atoms with Crippen LogP contribution >= 0.6 is 8.60 Å². The van der Waals surface area contributed by atoms with Crippen LogP contribution in [-0.4, -0.2) is 50.4 Å². The molecule has 2 atom stereocenters. The summed E-state index contributed by atoms with van der Waals surface area (Å²) in [6.07, 6.45) is 15.9. The van der Waals surface area contributed by atoms with Crippen LogP contribution in [0.25, 0.3) is 0 Å². The zero-order chi connectivity index (χ0) is 27.0. The Kier molecular flexibility index (Phi) is 21.8. The quantitative estimate of drug-likeness (QED) is 0.0775. The second kappa shape index (κ2) is 23.8. The monoisotopic (exact) mass is 541 g/mol. The summed E-state index contributed by atoms with van der Waals surface area (Å²) >= 11 is 0. The van der Waals surface area contributed by atoms with E-state index >= 15 is 0 Å². The minimum atomic E-state index is -2.02. The second-order valence-corrected chi connectivity index (χ2v) is 10.5. The molecule has 0 spiro atoms. The number of benzene rings is 1. The van der Waals surface area contributed by atoms with Crippen molar-refractivity contribution in [1.29, 1.82) is 0 Å². The van der Waals surface area contributed by atoms with Gasteiger partial charge in [0.1, 0.15) is 11.9 Å². The Morgan fingerprint density at radius 1 is 0.892 bits per heavy atom. The minimum Gasteiger partial charge on any atom is -0.493 e. The molecule has 8 heteroatoms. The molecule has 0 saturated carbocycles. The van der Waals surface area contributed by atoms with Crippen LogP contribution in [0.4, 0.5) is 0 Å². The van der Waals surface area contributed by atoms with E-state index < -0.39 is 14.7 Å². The molecule has 7 nitrogen and oxygen atoms in total. The molecule has 0 fully saturated rings. The minimum absolute atomic E-state index is 0.0561. The molecule has 0 bridgehead atoms. The van der Waals surface area contributed by atoms with Gasteiger partial charge in [0.05, 0.1) is 19.8 Å². The van der Waals surface area contributed by atoms with E-state index in [0.29, 0.717) is 26.2 Å². The van der Waals surface area contributed by atoms with Gasteiger partial charge < -0.3 is 28.7 Å². The first kappa shape index (κ1) is 33.8. The Morgan fingerprint density at radius 3 is 2.14 bits per heavy atom. The molecule has 0 aliphatic heterocycles. The molecular formula is C29H52NO6P. The molecular weight excluding hydrogens is 489 g/mol. The molecule has 0 aliphatic rings. The van der Waals surface area contributed by atoms with E-state index in [2.05, 4.69) is 12.2 Å². The number of rotatable bonds is 25. The first-order valence-electron chi connectivity index (χ1n) is 14.4. The molecule has 0 radical (unpaired) electrons. The van der Waals surface area contributed by atoms with Gasteiger partial charge in [0, 0.05) is 19.4 Å². The van der Waals surface area contributed by atoms with Crippen molar-refractivity contribution in [3.63, 3.8) is 0 Å². The smallest absolute Gasteiger partial charge is 0.330 e. The van der Waals surface area contributed by atoms with Crippen molar-refractivity contribution in [3.05, 3.63) is 29.8 Å². The highest BCUT2D eigenvalue weighted by atomic mass is 31.2. The van der Waals surface area contributed by atoms with Gasteiger partial charge in [-0.1, -0.05) is 103 Å². The van der Waals surface area contributed by atoms with Crippen LogP contribution < -0.4 is 10.1 Å². The number of para-hydroxylation sites is 1. The average molecular weight is 542 g/mol. The fourth-order valence-corrected chi connectivity index (χ4v) is 4.61. The molecule has 2 N–H and O–H groups in total. The largest absolute Gasteiger partial charge is 0.493 e. The maximum absolute atomic E-state index is 12.0. The summed E-state index contributed by atoms with van der Waals surface area (Å²) in [5.74, 6) is 0.501. The molecule has 37 heavy (non-hydrogen) atoms. The molecule has 1 aromatic rings. The lowest BCUT2D eigenvalue weighted by molar-refractivity contribution is -0.150. The van der Waals surface area contributed by atoms with Gasteiger partial charge in [0.25, 0.3) is 0 Å². The lowest BCUT2D eigenvalue weighted by Crippen LogP contribution is -2.25. The SMILES string of the molecule is CCCCCCCCCCCCCCOc1ccccc1CC(COP(O)OCCNC)OC(=O)CC. The fourth-order valence-electron chi connectivity index (χ4n) is 4.00. The zero-order valence-electron chi connectivity index (χ0n) is 23.6. The van der Waals surface area contributed by atoms with E-state index in [0.717, 1.165) is 17.7 Å². The summed E-state index contributed by atoms with van der Waals surface area (Å²) in [5, 5.41) is 2.94. The van der Waals surface area contributed by atoms with Gasteiger partial charge in [-0.3, -0.25) is 4.79 Å². The first-order valence-corrected chi connectivity index (χ1v) is 15.5. The maximum Gasteiger partial charge on any atom is 0.330 e. The van der Waals surface area contributed by atoms with Crippen LogP contribution in [0.2, 0.25) is 0 Å². The number of ether oxygens (including phenoxy) is 2. The predicted molar refractivity (Wildman–Crippen MR) is 152 cm³/mol. The number of nitrogens with one attached hydrogen (secondary N) is 1. The van der Waals surface area contributed by atoms with Gasteiger partial charge in [-0.05, 0) is 25.1 Å². The molecule has 214 valence electrons. The molecule has 0 aromatic heterocycles. The highest BCUT2D eigenvalue weighted by Crippen LogP contribution is 2.33. The Balaban J connectivity index is 2.35. The normalized spacial score (nSPS) is 12.9. The van der Waals surface area contributed by atoms with Crippen molar-refractivity contribution in [2.45, 2.75) is 110 Å². The molecule has 0 saturated heterocycles. The summed E-state index contributed by atoms with van der Waals surface area (Å²) in [6.45, 7) is 5.70. The fraction of sp³-hybridized carbons (Fsp3) is 0.759. The molecule has 1 rings (SSSR count). The Bertz CT molecular complexity index is 678. The highest BCUT2D eigenvalue weighted by Gasteiger charge is 2.20. The maximum atomic E-state index is 12.0. The molecule has 1 aromatic carbocycles. The molecule has 0 aliphatic carbocycles. The number of unbranched alkanes of at least 4 members (excludes halogenated alkanes) is 11. The van der Waals surface area contributed by atoms with Crippen molar-refractivity contribution in [3.8, 4) is 5.75 Å². The number of carbonyl (C=O) groups is 1. The van der Waals surface area contributed by atoms with Crippen LogP contribution in [0.5, 0.6) is 5.75 Å². The van der Waals surface area contributed by atoms with Gasteiger partial charge in [0.15, 0.2) is 0 Å². The number of hydrogen-bond donors (Lipinski definition) is 2. The van der Waals surface area contributed by atoms with Crippen LogP contribution in [-0.2, 0) is 25.0 Å². The van der Waals surface area contributed by atoms with E-state index in [-0.39, 0.29) is 19.0 Å². The highest BCUT2D eigenvalue weighted by molar-refractivity contribution is 7.40. The second-order valence-electron chi connectivity index (χ2n) is 9.49. The number of carbonyl (C=O) groups excluding carboxylic acids is 1. The zero-order valence-corrected chi connectivity index (χ0v) is 24.4. The van der Waals surface area contributed by atoms with Crippen molar-refractivity contribution >= 4 is 14.6 Å². The third-order valence-corrected chi connectivity index (χ3v) is 6.96. The van der Waals surface area contributed by atoms with Crippen molar-refractivity contribution in [2.24, 2.45) is 0 Å². The predicted octanol–water partition coefficient (Wildman–Crippen LogP) is 7.10. The summed E-state index contributed by atoms with van der Waals surface area (Å²) < 4.78 is 22.3. The van der Waals surface area contributed by atoms with E-state index in [1.165, 1.54) is 70.6 Å².